The minimum atomic E-state index is -2.90. The highest BCUT2D eigenvalue weighted by atomic mass is 19.3. The van der Waals surface area contributed by atoms with Crippen molar-refractivity contribution in [3.63, 3.8) is 0 Å². The van der Waals surface area contributed by atoms with Crippen LogP contribution in [0.4, 0.5) is 14.6 Å². The molecule has 8 nitrogen and oxygen atoms in total. The number of anilines is 1. The van der Waals surface area contributed by atoms with Crippen LogP contribution in [0.5, 0.6) is 5.75 Å². The number of halogens is 2. The van der Waals surface area contributed by atoms with E-state index in [4.69, 9.17) is 10.5 Å². The van der Waals surface area contributed by atoms with E-state index < -0.39 is 18.1 Å². The molecule has 0 amide bonds. The molecule has 0 unspecified atom stereocenters. The molecule has 0 fully saturated rings. The fraction of sp³-hybridized carbons (Fsp3) is 0.348. The Morgan fingerprint density at radius 1 is 1.18 bits per heavy atom. The number of aromatic nitrogens is 3. The maximum absolute atomic E-state index is 13.3. The van der Waals surface area contributed by atoms with Gasteiger partial charge in [-0.05, 0) is 31.5 Å². The molecule has 2 heterocycles. The summed E-state index contributed by atoms with van der Waals surface area (Å²) >= 11 is 0. The summed E-state index contributed by atoms with van der Waals surface area (Å²) in [5.74, 6) is -1.17. The summed E-state index contributed by atoms with van der Waals surface area (Å²) < 4.78 is 32.5. The number of nitrogens with two attached hydrogens (primary N) is 1. The lowest BCUT2D eigenvalue weighted by Crippen LogP contribution is -2.27. The molecule has 0 atom stereocenters. The molecule has 1 aromatic carbocycles. The first-order chi connectivity index (χ1) is 15.7. The van der Waals surface area contributed by atoms with Gasteiger partial charge in [-0.2, -0.15) is 13.9 Å². The van der Waals surface area contributed by atoms with E-state index in [1.54, 1.807) is 26.0 Å². The maximum atomic E-state index is 13.3. The van der Waals surface area contributed by atoms with Crippen LogP contribution in [-0.4, -0.2) is 32.5 Å². The van der Waals surface area contributed by atoms with Gasteiger partial charge < -0.3 is 15.6 Å². The number of benzene rings is 1. The average Bonchev–Trinajstić information content (AvgIpc) is 3.29. The van der Waals surface area contributed by atoms with E-state index in [9.17, 15) is 23.5 Å². The number of nitrogen functional groups attached to an aromatic ring is 1. The van der Waals surface area contributed by atoms with E-state index in [0.29, 0.717) is 27.2 Å². The SMILES string of the molecule is CC.CC.COc1ccc(C)c(-n2c(N)c(C(=O)O)cc(-c3cnn(C(F)F)c3)c2=O)c1C. The van der Waals surface area contributed by atoms with Gasteiger partial charge in [-0.1, -0.05) is 33.8 Å². The Labute approximate surface area is 191 Å². The highest BCUT2D eigenvalue weighted by molar-refractivity contribution is 5.94. The van der Waals surface area contributed by atoms with Crippen LogP contribution in [0.2, 0.25) is 0 Å². The first-order valence-corrected chi connectivity index (χ1v) is 10.4. The van der Waals surface area contributed by atoms with Crippen LogP contribution < -0.4 is 16.0 Å². The lowest BCUT2D eigenvalue weighted by molar-refractivity contribution is 0.0566. The minimum absolute atomic E-state index is 0.0461. The minimum Gasteiger partial charge on any atom is -0.496 e. The van der Waals surface area contributed by atoms with Crippen molar-refractivity contribution < 1.29 is 23.4 Å². The summed E-state index contributed by atoms with van der Waals surface area (Å²) in [7, 11) is 1.46. The van der Waals surface area contributed by atoms with Gasteiger partial charge in [0.25, 0.3) is 5.56 Å². The van der Waals surface area contributed by atoms with Crippen LogP contribution in [0.15, 0.2) is 35.4 Å². The number of aromatic carboxylic acids is 1. The van der Waals surface area contributed by atoms with Crippen LogP contribution in [0, 0.1) is 13.8 Å². The zero-order chi connectivity index (χ0) is 25.5. The molecule has 2 aromatic heterocycles. The molecule has 3 rings (SSSR count). The van der Waals surface area contributed by atoms with Crippen molar-refractivity contribution in [3.8, 4) is 22.6 Å². The summed E-state index contributed by atoms with van der Waals surface area (Å²) in [5, 5.41) is 13.1. The predicted molar refractivity (Wildman–Crippen MR) is 125 cm³/mol. The molecule has 0 bridgehead atoms. The molecule has 0 aliphatic carbocycles. The van der Waals surface area contributed by atoms with Crippen LogP contribution >= 0.6 is 0 Å². The number of hydrogen-bond acceptors (Lipinski definition) is 5. The summed E-state index contributed by atoms with van der Waals surface area (Å²) in [6.07, 6.45) is 2.04. The molecular weight excluding hydrogens is 434 g/mol. The van der Waals surface area contributed by atoms with Gasteiger partial charge in [-0.15, -0.1) is 0 Å². The van der Waals surface area contributed by atoms with Crippen molar-refractivity contribution in [2.24, 2.45) is 0 Å². The number of carbonyl (C=O) groups is 1. The van der Waals surface area contributed by atoms with E-state index >= 15 is 0 Å². The smallest absolute Gasteiger partial charge is 0.339 e. The first kappa shape index (κ1) is 27.3. The second kappa shape index (κ2) is 11.8. The van der Waals surface area contributed by atoms with Crippen molar-refractivity contribution in [2.75, 3.05) is 12.8 Å². The highest BCUT2D eigenvalue weighted by Gasteiger charge is 2.23. The van der Waals surface area contributed by atoms with Gasteiger partial charge in [0.1, 0.15) is 17.1 Å². The number of methoxy groups -OCH3 is 1. The lowest BCUT2D eigenvalue weighted by atomic mass is 10.0. The molecule has 3 aromatic rings. The third-order valence-corrected chi connectivity index (χ3v) is 4.61. The predicted octanol–water partition coefficient (Wildman–Crippen LogP) is 5.05. The Bertz CT molecular complexity index is 1170. The largest absolute Gasteiger partial charge is 0.496 e. The van der Waals surface area contributed by atoms with Crippen molar-refractivity contribution in [1.29, 1.82) is 0 Å². The highest BCUT2D eigenvalue weighted by Crippen LogP contribution is 2.30. The molecule has 0 saturated heterocycles. The first-order valence-electron chi connectivity index (χ1n) is 10.4. The summed E-state index contributed by atoms with van der Waals surface area (Å²) in [6.45, 7) is 8.53. The van der Waals surface area contributed by atoms with E-state index in [1.807, 2.05) is 27.7 Å². The van der Waals surface area contributed by atoms with E-state index in [1.165, 1.54) is 7.11 Å². The van der Waals surface area contributed by atoms with Gasteiger partial charge in [0, 0.05) is 17.3 Å². The number of pyridine rings is 1. The number of carboxylic acid groups (broad SMARTS) is 1. The molecular formula is C23H30F2N4O4. The van der Waals surface area contributed by atoms with Crippen molar-refractivity contribution >= 4 is 11.8 Å². The van der Waals surface area contributed by atoms with E-state index in [-0.39, 0.29) is 22.5 Å². The van der Waals surface area contributed by atoms with E-state index in [0.717, 1.165) is 23.0 Å². The van der Waals surface area contributed by atoms with E-state index in [2.05, 4.69) is 5.10 Å². The number of ether oxygens (including phenoxy) is 1. The zero-order valence-corrected chi connectivity index (χ0v) is 19.8. The van der Waals surface area contributed by atoms with Crippen molar-refractivity contribution in [2.45, 2.75) is 48.1 Å². The molecule has 0 radical (unpaired) electrons. The second-order valence-electron chi connectivity index (χ2n) is 6.35. The number of nitrogens with zero attached hydrogens (tertiary/aromatic N) is 3. The molecule has 10 heteroatoms. The fourth-order valence-electron chi connectivity index (χ4n) is 3.20. The van der Waals surface area contributed by atoms with Gasteiger partial charge in [-0.3, -0.25) is 9.36 Å². The number of alkyl halides is 2. The second-order valence-corrected chi connectivity index (χ2v) is 6.35. The third-order valence-electron chi connectivity index (χ3n) is 4.61. The topological polar surface area (TPSA) is 112 Å². The fourth-order valence-corrected chi connectivity index (χ4v) is 3.20. The van der Waals surface area contributed by atoms with Crippen molar-refractivity contribution in [3.05, 3.63) is 57.6 Å². The molecule has 180 valence electrons. The third kappa shape index (κ3) is 5.39. The van der Waals surface area contributed by atoms with Gasteiger partial charge in [0.2, 0.25) is 0 Å². The Kier molecular flexibility index (Phi) is 9.77. The van der Waals surface area contributed by atoms with Gasteiger partial charge in [0.05, 0.1) is 24.6 Å². The Morgan fingerprint density at radius 3 is 2.27 bits per heavy atom. The van der Waals surface area contributed by atoms with Crippen LogP contribution in [-0.2, 0) is 0 Å². The summed E-state index contributed by atoms with van der Waals surface area (Å²) in [6, 6.07) is 4.48. The molecule has 0 saturated carbocycles. The zero-order valence-electron chi connectivity index (χ0n) is 19.8. The monoisotopic (exact) mass is 464 g/mol. The Hall–Kier alpha value is -3.69. The quantitative estimate of drug-likeness (QED) is 0.546. The summed E-state index contributed by atoms with van der Waals surface area (Å²) in [5.41, 5.74) is 6.54. The van der Waals surface area contributed by atoms with Gasteiger partial charge >= 0.3 is 12.5 Å². The number of hydrogen-bond donors (Lipinski definition) is 2. The van der Waals surface area contributed by atoms with Crippen molar-refractivity contribution in [1.82, 2.24) is 14.3 Å². The van der Waals surface area contributed by atoms with Gasteiger partial charge in [0.15, 0.2) is 0 Å². The molecule has 3 N–H and O–H groups in total. The normalized spacial score (nSPS) is 10.1. The standard InChI is InChI=1S/C19H18F2N4O4.2C2H6/c1-9-4-5-14(29-3)10(2)15(9)25-16(22)13(18(27)28)6-12(17(25)26)11-7-23-24(8-11)19(20)21;2*1-2/h4-8,19H,22H2,1-3H3,(H,27,28);2*1-2H3. The number of aryl methyl sites for hydroxylation is 1. The maximum Gasteiger partial charge on any atom is 0.339 e. The molecule has 0 spiro atoms. The molecule has 0 aliphatic heterocycles. The van der Waals surface area contributed by atoms with Crippen LogP contribution in [0.1, 0.15) is 55.7 Å². The van der Waals surface area contributed by atoms with Crippen LogP contribution in [0.25, 0.3) is 16.8 Å². The van der Waals surface area contributed by atoms with Gasteiger partial charge in [-0.25, -0.2) is 9.48 Å². The van der Waals surface area contributed by atoms with Crippen LogP contribution in [0.3, 0.4) is 0 Å². The molecule has 0 aliphatic rings. The average molecular weight is 465 g/mol. The Balaban J connectivity index is 0.00000129. The summed E-state index contributed by atoms with van der Waals surface area (Å²) in [4.78, 5) is 25.0. The number of carboxylic acids is 1. The molecule has 33 heavy (non-hydrogen) atoms. The number of rotatable bonds is 5. The lowest BCUT2D eigenvalue weighted by Gasteiger charge is -2.19. The Morgan fingerprint density at radius 2 is 1.79 bits per heavy atom.